The van der Waals surface area contributed by atoms with Gasteiger partial charge in [0.1, 0.15) is 0 Å². The van der Waals surface area contributed by atoms with E-state index in [4.69, 9.17) is 9.79 Å². The maximum atomic E-state index is 10.6. The number of rotatable bonds is 6. The first-order valence-electron chi connectivity index (χ1n) is 3.31. The summed E-state index contributed by atoms with van der Waals surface area (Å²) in [4.78, 5) is 27.0. The summed E-state index contributed by atoms with van der Waals surface area (Å²) in [5, 5.41) is 0. The number of hydrogen-bond acceptors (Lipinski definition) is 3. The predicted molar refractivity (Wildman–Crippen MR) is 42.4 cm³/mol. The van der Waals surface area contributed by atoms with Crippen LogP contribution in [0.25, 0.3) is 0 Å². The van der Waals surface area contributed by atoms with Crippen LogP contribution >= 0.6 is 7.82 Å². The van der Waals surface area contributed by atoms with E-state index in [1.165, 1.54) is 0 Å². The second kappa shape index (κ2) is 5.22. The van der Waals surface area contributed by atoms with Crippen molar-refractivity contribution in [1.29, 1.82) is 0 Å². The van der Waals surface area contributed by atoms with Gasteiger partial charge in [-0.25, -0.2) is 4.57 Å². The Morgan fingerprint density at radius 2 is 2.17 bits per heavy atom. The number of allylic oxidation sites excluding steroid dienone is 1. The highest BCUT2D eigenvalue weighted by Crippen LogP contribution is 2.35. The Bertz CT molecular complexity index is 206. The van der Waals surface area contributed by atoms with Crippen molar-refractivity contribution in [2.45, 2.75) is 12.8 Å². The van der Waals surface area contributed by atoms with E-state index < -0.39 is 7.82 Å². The molecule has 0 aromatic heterocycles. The summed E-state index contributed by atoms with van der Waals surface area (Å²) >= 11 is 0. The second-order valence-corrected chi connectivity index (χ2v) is 3.34. The summed E-state index contributed by atoms with van der Waals surface area (Å²) in [5.41, 5.74) is 0. The first kappa shape index (κ1) is 11.5. The molecule has 12 heavy (non-hydrogen) atoms. The van der Waals surface area contributed by atoms with Crippen LogP contribution < -0.4 is 0 Å². The Morgan fingerprint density at radius 3 is 2.58 bits per heavy atom. The Balaban J connectivity index is 3.40. The number of carbonyl (C=O) groups is 1. The molecule has 0 aromatic carbocycles. The molecule has 2 N–H and O–H groups in total. The zero-order valence-corrected chi connectivity index (χ0v) is 7.37. The molecule has 0 saturated carbocycles. The van der Waals surface area contributed by atoms with Crippen LogP contribution in [0.5, 0.6) is 0 Å². The molecule has 0 aliphatic carbocycles. The fraction of sp³-hybridized carbons (Fsp3) is 0.500. The van der Waals surface area contributed by atoms with Crippen LogP contribution in [0.1, 0.15) is 12.8 Å². The topological polar surface area (TPSA) is 83.8 Å². The van der Waals surface area contributed by atoms with Crippen LogP contribution in [0.15, 0.2) is 12.7 Å². The zero-order valence-electron chi connectivity index (χ0n) is 6.47. The number of hydrogen-bond donors (Lipinski definition) is 2. The maximum absolute atomic E-state index is 10.6. The average molecular weight is 194 g/mol. The summed E-state index contributed by atoms with van der Waals surface area (Å²) < 4.78 is 14.2. The van der Waals surface area contributed by atoms with Gasteiger partial charge in [-0.2, -0.15) is 0 Å². The van der Waals surface area contributed by atoms with Gasteiger partial charge in [0.25, 0.3) is 0 Å². The largest absolute Gasteiger partial charge is 0.469 e. The van der Waals surface area contributed by atoms with Crippen LogP contribution in [0.2, 0.25) is 0 Å². The SMILES string of the molecule is C=CC(=O)CCCOP(=O)(O)O. The van der Waals surface area contributed by atoms with Crippen molar-refractivity contribution in [1.82, 2.24) is 0 Å². The average Bonchev–Trinajstić information content (AvgIpc) is 1.96. The van der Waals surface area contributed by atoms with E-state index in [1.807, 2.05) is 0 Å². The van der Waals surface area contributed by atoms with E-state index >= 15 is 0 Å². The summed E-state index contributed by atoms with van der Waals surface area (Å²) in [6, 6.07) is 0. The smallest absolute Gasteiger partial charge is 0.303 e. The molecule has 0 bridgehead atoms. The molecule has 0 heterocycles. The molecule has 0 aromatic rings. The van der Waals surface area contributed by atoms with E-state index in [0.29, 0.717) is 0 Å². The van der Waals surface area contributed by atoms with Crippen molar-refractivity contribution in [2.75, 3.05) is 6.61 Å². The Hall–Kier alpha value is -0.480. The zero-order chi connectivity index (χ0) is 9.61. The molecule has 0 aliphatic rings. The van der Waals surface area contributed by atoms with Gasteiger partial charge in [-0.05, 0) is 12.5 Å². The van der Waals surface area contributed by atoms with E-state index in [0.717, 1.165) is 6.08 Å². The first-order valence-corrected chi connectivity index (χ1v) is 4.84. The Kier molecular flexibility index (Phi) is 5.01. The lowest BCUT2D eigenvalue weighted by Gasteiger charge is -2.02. The lowest BCUT2D eigenvalue weighted by Crippen LogP contribution is -1.97. The Morgan fingerprint density at radius 1 is 1.58 bits per heavy atom. The van der Waals surface area contributed by atoms with Crippen LogP contribution in [-0.4, -0.2) is 22.2 Å². The molecule has 0 amide bonds. The van der Waals surface area contributed by atoms with Crippen molar-refractivity contribution in [3.8, 4) is 0 Å². The van der Waals surface area contributed by atoms with E-state index in [9.17, 15) is 9.36 Å². The maximum Gasteiger partial charge on any atom is 0.469 e. The molecule has 6 heteroatoms. The van der Waals surface area contributed by atoms with Crippen LogP contribution in [0.3, 0.4) is 0 Å². The van der Waals surface area contributed by atoms with Gasteiger partial charge < -0.3 is 9.79 Å². The fourth-order valence-corrected chi connectivity index (χ4v) is 0.899. The van der Waals surface area contributed by atoms with Gasteiger partial charge in [-0.3, -0.25) is 9.32 Å². The van der Waals surface area contributed by atoms with Gasteiger partial charge in [0.2, 0.25) is 0 Å². The molecule has 0 aliphatic heterocycles. The fourth-order valence-electron chi connectivity index (χ4n) is 0.532. The van der Waals surface area contributed by atoms with E-state index in [-0.39, 0.29) is 25.2 Å². The highest BCUT2D eigenvalue weighted by Gasteiger charge is 2.12. The number of phosphoric acid groups is 1. The molecule has 0 rings (SSSR count). The van der Waals surface area contributed by atoms with Gasteiger partial charge >= 0.3 is 7.82 Å². The number of ketones is 1. The predicted octanol–water partition coefficient (Wildman–Crippen LogP) is 0.631. The molecular weight excluding hydrogens is 183 g/mol. The van der Waals surface area contributed by atoms with Crippen molar-refractivity contribution >= 4 is 13.6 Å². The summed E-state index contributed by atoms with van der Waals surface area (Å²) in [5.74, 6) is -0.163. The lowest BCUT2D eigenvalue weighted by atomic mass is 10.2. The Labute approximate surface area is 70.3 Å². The summed E-state index contributed by atoms with van der Waals surface area (Å²) in [6.45, 7) is 3.12. The molecule has 0 saturated heterocycles. The van der Waals surface area contributed by atoms with E-state index in [1.54, 1.807) is 0 Å². The minimum absolute atomic E-state index is 0.121. The molecule has 0 unspecified atom stereocenters. The third kappa shape index (κ3) is 7.63. The molecule has 5 nitrogen and oxygen atoms in total. The van der Waals surface area contributed by atoms with E-state index in [2.05, 4.69) is 11.1 Å². The molecule has 0 atom stereocenters. The highest BCUT2D eigenvalue weighted by atomic mass is 31.2. The van der Waals surface area contributed by atoms with Crippen LogP contribution in [0.4, 0.5) is 0 Å². The lowest BCUT2D eigenvalue weighted by molar-refractivity contribution is -0.114. The monoisotopic (exact) mass is 194 g/mol. The van der Waals surface area contributed by atoms with Gasteiger partial charge in [0.05, 0.1) is 6.61 Å². The van der Waals surface area contributed by atoms with Crippen molar-refractivity contribution < 1.29 is 23.7 Å². The van der Waals surface area contributed by atoms with Crippen LogP contribution in [-0.2, 0) is 13.9 Å². The highest BCUT2D eigenvalue weighted by molar-refractivity contribution is 7.46. The van der Waals surface area contributed by atoms with Gasteiger partial charge in [0, 0.05) is 6.42 Å². The number of carbonyl (C=O) groups excluding carboxylic acids is 1. The van der Waals surface area contributed by atoms with Crippen molar-refractivity contribution in [2.24, 2.45) is 0 Å². The minimum atomic E-state index is -4.37. The van der Waals surface area contributed by atoms with Crippen molar-refractivity contribution in [3.05, 3.63) is 12.7 Å². The van der Waals surface area contributed by atoms with Crippen molar-refractivity contribution in [3.63, 3.8) is 0 Å². The third-order valence-corrected chi connectivity index (χ3v) is 1.57. The molecule has 0 fully saturated rings. The molecule has 0 spiro atoms. The molecular formula is C6H11O5P. The van der Waals surface area contributed by atoms with Gasteiger partial charge in [0.15, 0.2) is 5.78 Å². The van der Waals surface area contributed by atoms with Gasteiger partial charge in [-0.15, -0.1) is 0 Å². The quantitative estimate of drug-likeness (QED) is 0.368. The normalized spacial score (nSPS) is 11.2. The number of phosphoric ester groups is 1. The van der Waals surface area contributed by atoms with Gasteiger partial charge in [-0.1, -0.05) is 6.58 Å². The standard InChI is InChI=1S/C6H11O5P/c1-2-6(7)4-3-5-11-12(8,9)10/h2H,1,3-5H2,(H2,8,9,10). The molecule has 0 radical (unpaired) electrons. The summed E-state index contributed by atoms with van der Waals surface area (Å²) in [6.07, 6.45) is 1.65. The second-order valence-electron chi connectivity index (χ2n) is 2.10. The van der Waals surface area contributed by atoms with Crippen LogP contribution in [0, 0.1) is 0 Å². The summed E-state index contributed by atoms with van der Waals surface area (Å²) in [7, 11) is -4.37. The first-order chi connectivity index (χ1) is 5.45. The third-order valence-electron chi connectivity index (χ3n) is 1.05. The molecule has 70 valence electrons. The minimum Gasteiger partial charge on any atom is -0.303 e.